The molecule has 0 radical (unpaired) electrons. The van der Waals surface area contributed by atoms with Crippen molar-refractivity contribution >= 4 is 33.2 Å². The molecule has 0 unspecified atom stereocenters. The zero-order valence-electron chi connectivity index (χ0n) is 15.1. The lowest BCUT2D eigenvalue weighted by Gasteiger charge is -2.11. The van der Waals surface area contributed by atoms with Crippen molar-refractivity contribution in [3.63, 3.8) is 0 Å². The topological polar surface area (TPSA) is 69.2 Å². The minimum atomic E-state index is -0.106. The summed E-state index contributed by atoms with van der Waals surface area (Å²) in [7, 11) is 3.20. The molecule has 0 aromatic heterocycles. The van der Waals surface area contributed by atoms with Crippen molar-refractivity contribution in [3.8, 4) is 11.5 Å². The number of carbonyl (C=O) groups is 1. The summed E-state index contributed by atoms with van der Waals surface area (Å²) < 4.78 is 11.5. The summed E-state index contributed by atoms with van der Waals surface area (Å²) in [6, 6.07) is 11.1. The Balaban J connectivity index is 2.06. The predicted molar refractivity (Wildman–Crippen MR) is 105 cm³/mol. The van der Waals surface area contributed by atoms with Gasteiger partial charge in [-0.05, 0) is 52.7 Å². The molecular formula is C19H21BrN2O4. The highest BCUT2D eigenvalue weighted by Gasteiger charge is 2.10. The minimum Gasteiger partial charge on any atom is -0.496 e. The molecule has 6 nitrogen and oxygen atoms in total. The van der Waals surface area contributed by atoms with Gasteiger partial charge in [-0.25, -0.2) is 0 Å². The van der Waals surface area contributed by atoms with Crippen LogP contribution in [0.3, 0.4) is 0 Å². The van der Waals surface area contributed by atoms with Crippen LogP contribution in [0.1, 0.15) is 25.0 Å². The Morgan fingerprint density at radius 2 is 1.73 bits per heavy atom. The Hall–Kier alpha value is -2.54. The van der Waals surface area contributed by atoms with Gasteiger partial charge in [0, 0.05) is 18.2 Å². The maximum Gasteiger partial charge on any atom is 0.221 e. The van der Waals surface area contributed by atoms with Gasteiger partial charge in [-0.15, -0.1) is 0 Å². The molecule has 1 N–H and O–H groups in total. The second-order valence-electron chi connectivity index (χ2n) is 5.51. The largest absolute Gasteiger partial charge is 0.496 e. The number of benzene rings is 2. The first kappa shape index (κ1) is 19.8. The fourth-order valence-corrected chi connectivity index (χ4v) is 2.77. The van der Waals surface area contributed by atoms with Gasteiger partial charge in [-0.2, -0.15) is 0 Å². The number of hydrogen-bond donors (Lipinski definition) is 1. The van der Waals surface area contributed by atoms with Gasteiger partial charge in [-0.1, -0.05) is 17.3 Å². The van der Waals surface area contributed by atoms with Crippen LogP contribution in [0.4, 0.5) is 5.69 Å². The fourth-order valence-electron chi connectivity index (χ4n) is 2.29. The van der Waals surface area contributed by atoms with Crippen LogP contribution in [0.25, 0.3) is 0 Å². The Morgan fingerprint density at radius 3 is 2.31 bits per heavy atom. The first-order valence-electron chi connectivity index (χ1n) is 7.89. The van der Waals surface area contributed by atoms with E-state index in [4.69, 9.17) is 14.3 Å². The highest BCUT2D eigenvalue weighted by molar-refractivity contribution is 9.10. The van der Waals surface area contributed by atoms with Crippen LogP contribution in [-0.4, -0.2) is 25.8 Å². The van der Waals surface area contributed by atoms with Crippen molar-refractivity contribution < 1.29 is 19.1 Å². The summed E-state index contributed by atoms with van der Waals surface area (Å²) in [4.78, 5) is 16.5. The van der Waals surface area contributed by atoms with Crippen LogP contribution in [0.2, 0.25) is 0 Å². The number of nitrogens with one attached hydrogen (secondary N) is 1. The Morgan fingerprint density at radius 1 is 1.08 bits per heavy atom. The molecule has 0 fully saturated rings. The Labute approximate surface area is 161 Å². The normalized spacial score (nSPS) is 11.0. The van der Waals surface area contributed by atoms with E-state index in [0.717, 1.165) is 27.0 Å². The number of amides is 1. The van der Waals surface area contributed by atoms with Gasteiger partial charge < -0.3 is 19.6 Å². The van der Waals surface area contributed by atoms with E-state index in [0.29, 0.717) is 11.5 Å². The highest BCUT2D eigenvalue weighted by Crippen LogP contribution is 2.33. The quantitative estimate of drug-likeness (QED) is 0.533. The molecule has 0 saturated heterocycles. The number of rotatable bonds is 7. The van der Waals surface area contributed by atoms with Crippen LogP contribution in [0.5, 0.6) is 11.5 Å². The number of halogens is 1. The van der Waals surface area contributed by atoms with Gasteiger partial charge in [0.2, 0.25) is 5.91 Å². The SMILES string of the molecule is COc1cc(CO/N=C(\C)c2ccc(NC(C)=O)cc2)c(OC)cc1Br. The van der Waals surface area contributed by atoms with Gasteiger partial charge in [-0.3, -0.25) is 4.79 Å². The van der Waals surface area contributed by atoms with E-state index in [1.165, 1.54) is 6.92 Å². The van der Waals surface area contributed by atoms with Gasteiger partial charge in [0.15, 0.2) is 0 Å². The van der Waals surface area contributed by atoms with Crippen LogP contribution >= 0.6 is 15.9 Å². The summed E-state index contributed by atoms with van der Waals surface area (Å²) in [5.74, 6) is 1.27. The number of hydrogen-bond acceptors (Lipinski definition) is 5. The molecule has 0 heterocycles. The molecule has 26 heavy (non-hydrogen) atoms. The molecule has 0 spiro atoms. The predicted octanol–water partition coefficient (Wildman–Crippen LogP) is 4.37. The third-order valence-corrected chi connectivity index (χ3v) is 4.22. The molecule has 0 aliphatic rings. The average molecular weight is 421 g/mol. The molecule has 2 aromatic rings. The Kier molecular flexibility index (Phi) is 7.03. The molecule has 7 heteroatoms. The number of carbonyl (C=O) groups excluding carboxylic acids is 1. The van der Waals surface area contributed by atoms with E-state index in [1.807, 2.05) is 43.3 Å². The molecule has 2 aromatic carbocycles. The molecular weight excluding hydrogens is 400 g/mol. The zero-order valence-corrected chi connectivity index (χ0v) is 16.7. The fraction of sp³-hybridized carbons (Fsp3) is 0.263. The number of nitrogens with zero attached hydrogens (tertiary/aromatic N) is 1. The molecule has 0 aliphatic heterocycles. The first-order valence-corrected chi connectivity index (χ1v) is 8.69. The minimum absolute atomic E-state index is 0.106. The van der Waals surface area contributed by atoms with Crippen LogP contribution in [0.15, 0.2) is 46.0 Å². The lowest BCUT2D eigenvalue weighted by Crippen LogP contribution is -2.06. The van der Waals surface area contributed by atoms with Crippen LogP contribution in [0, 0.1) is 0 Å². The van der Waals surface area contributed by atoms with E-state index in [9.17, 15) is 4.79 Å². The maximum absolute atomic E-state index is 11.1. The van der Waals surface area contributed by atoms with Crippen molar-refractivity contribution in [1.29, 1.82) is 0 Å². The number of oxime groups is 1. The van der Waals surface area contributed by atoms with Crippen molar-refractivity contribution in [2.45, 2.75) is 20.5 Å². The molecule has 0 aliphatic carbocycles. The molecule has 2 rings (SSSR count). The summed E-state index contributed by atoms with van der Waals surface area (Å²) in [6.45, 7) is 3.57. The van der Waals surface area contributed by atoms with Crippen LogP contribution in [-0.2, 0) is 16.2 Å². The monoisotopic (exact) mass is 420 g/mol. The third-order valence-electron chi connectivity index (χ3n) is 3.60. The molecule has 0 atom stereocenters. The van der Waals surface area contributed by atoms with Crippen molar-refractivity contribution in [3.05, 3.63) is 52.0 Å². The average Bonchev–Trinajstić information content (AvgIpc) is 2.62. The number of methoxy groups -OCH3 is 2. The number of anilines is 1. The molecule has 1 amide bonds. The van der Waals surface area contributed by atoms with Gasteiger partial charge >= 0.3 is 0 Å². The highest BCUT2D eigenvalue weighted by atomic mass is 79.9. The van der Waals surface area contributed by atoms with Gasteiger partial charge in [0.25, 0.3) is 0 Å². The Bertz CT molecular complexity index is 804. The van der Waals surface area contributed by atoms with Crippen molar-refractivity contribution in [1.82, 2.24) is 0 Å². The molecule has 138 valence electrons. The van der Waals surface area contributed by atoms with E-state index in [1.54, 1.807) is 14.2 Å². The van der Waals surface area contributed by atoms with E-state index < -0.39 is 0 Å². The molecule has 0 saturated carbocycles. The number of ether oxygens (including phenoxy) is 2. The smallest absolute Gasteiger partial charge is 0.221 e. The zero-order chi connectivity index (χ0) is 19.1. The lowest BCUT2D eigenvalue weighted by atomic mass is 10.1. The van der Waals surface area contributed by atoms with Crippen molar-refractivity contribution in [2.75, 3.05) is 19.5 Å². The standard InChI is InChI=1S/C19H21BrN2O4/c1-12(14-5-7-16(8-6-14)21-13(2)23)22-26-11-15-9-19(25-4)17(20)10-18(15)24-3/h5-10H,11H2,1-4H3,(H,21,23)/b22-12+. The van der Waals surface area contributed by atoms with Crippen molar-refractivity contribution in [2.24, 2.45) is 5.16 Å². The molecule has 0 bridgehead atoms. The van der Waals surface area contributed by atoms with Gasteiger partial charge in [0.1, 0.15) is 18.1 Å². The van der Waals surface area contributed by atoms with E-state index in [-0.39, 0.29) is 12.5 Å². The van der Waals surface area contributed by atoms with E-state index >= 15 is 0 Å². The lowest BCUT2D eigenvalue weighted by molar-refractivity contribution is -0.114. The van der Waals surface area contributed by atoms with Gasteiger partial charge in [0.05, 0.1) is 24.4 Å². The summed E-state index contributed by atoms with van der Waals surface area (Å²) in [5, 5.41) is 6.88. The third kappa shape index (κ3) is 5.23. The van der Waals surface area contributed by atoms with E-state index in [2.05, 4.69) is 26.4 Å². The van der Waals surface area contributed by atoms with Crippen LogP contribution < -0.4 is 14.8 Å². The summed E-state index contributed by atoms with van der Waals surface area (Å²) in [5.41, 5.74) is 3.19. The second-order valence-corrected chi connectivity index (χ2v) is 6.36. The summed E-state index contributed by atoms with van der Waals surface area (Å²) in [6.07, 6.45) is 0. The first-order chi connectivity index (χ1) is 12.4. The maximum atomic E-state index is 11.1. The second kappa shape index (κ2) is 9.24. The summed E-state index contributed by atoms with van der Waals surface area (Å²) >= 11 is 3.43.